The van der Waals surface area contributed by atoms with Crippen LogP contribution in [-0.2, 0) is 4.74 Å². The van der Waals surface area contributed by atoms with Gasteiger partial charge in [-0.1, -0.05) is 13.8 Å². The van der Waals surface area contributed by atoms with Gasteiger partial charge in [-0.15, -0.1) is 0 Å². The van der Waals surface area contributed by atoms with Crippen molar-refractivity contribution < 1.29 is 9.53 Å². The third kappa shape index (κ3) is 3.05. The minimum Gasteiger partial charge on any atom is -0.462 e. The van der Waals surface area contributed by atoms with Crippen molar-refractivity contribution in [2.45, 2.75) is 13.8 Å². The van der Waals surface area contributed by atoms with Crippen molar-refractivity contribution >= 4 is 11.8 Å². The number of nitrogens with two attached hydrogens (primary N) is 1. The summed E-state index contributed by atoms with van der Waals surface area (Å²) >= 11 is 0. The van der Waals surface area contributed by atoms with Crippen molar-refractivity contribution in [2.24, 2.45) is 5.92 Å². The molecule has 0 atom stereocenters. The van der Waals surface area contributed by atoms with Gasteiger partial charge in [0.2, 0.25) is 0 Å². The molecular weight excluding hydrogens is 180 g/mol. The topological polar surface area (TPSA) is 65.2 Å². The van der Waals surface area contributed by atoms with Gasteiger partial charge in [0.25, 0.3) is 0 Å². The normalized spacial score (nSPS) is 10.2. The Hall–Kier alpha value is -1.58. The average Bonchev–Trinajstić information content (AvgIpc) is 2.15. The van der Waals surface area contributed by atoms with E-state index in [0.29, 0.717) is 23.9 Å². The molecule has 4 heteroatoms. The van der Waals surface area contributed by atoms with Crippen LogP contribution in [-0.4, -0.2) is 17.6 Å². The van der Waals surface area contributed by atoms with Crippen LogP contribution in [0.5, 0.6) is 0 Å². The molecule has 0 saturated carbocycles. The maximum absolute atomic E-state index is 11.4. The molecule has 1 heterocycles. The van der Waals surface area contributed by atoms with E-state index < -0.39 is 0 Å². The summed E-state index contributed by atoms with van der Waals surface area (Å²) in [5, 5.41) is 0. The minimum atomic E-state index is -0.355. The Labute approximate surface area is 83.1 Å². The van der Waals surface area contributed by atoms with Crippen molar-refractivity contribution in [2.75, 3.05) is 12.3 Å². The molecule has 14 heavy (non-hydrogen) atoms. The van der Waals surface area contributed by atoms with Gasteiger partial charge >= 0.3 is 5.97 Å². The molecule has 0 aromatic carbocycles. The molecule has 0 aliphatic rings. The summed E-state index contributed by atoms with van der Waals surface area (Å²) in [7, 11) is 0. The monoisotopic (exact) mass is 194 g/mol. The second-order valence-electron chi connectivity index (χ2n) is 3.46. The summed E-state index contributed by atoms with van der Waals surface area (Å²) in [5.74, 6) is 0.373. The molecule has 0 amide bonds. The summed E-state index contributed by atoms with van der Waals surface area (Å²) in [6, 6.07) is 3.18. The highest BCUT2D eigenvalue weighted by Gasteiger charge is 2.07. The Morgan fingerprint density at radius 3 is 2.79 bits per heavy atom. The summed E-state index contributed by atoms with van der Waals surface area (Å²) < 4.78 is 5.01. The van der Waals surface area contributed by atoms with Crippen LogP contribution < -0.4 is 5.73 Å². The fraction of sp³-hybridized carbons (Fsp3) is 0.400. The Bertz CT molecular complexity index is 306. The number of ether oxygens (including phenoxy) is 1. The second kappa shape index (κ2) is 4.60. The van der Waals surface area contributed by atoms with Gasteiger partial charge in [0.05, 0.1) is 12.2 Å². The molecule has 2 N–H and O–H groups in total. The van der Waals surface area contributed by atoms with E-state index in [1.165, 1.54) is 6.20 Å². The van der Waals surface area contributed by atoms with Gasteiger partial charge < -0.3 is 10.5 Å². The molecule has 0 aliphatic carbocycles. The highest BCUT2D eigenvalue weighted by molar-refractivity contribution is 5.89. The number of carbonyl (C=O) groups excluding carboxylic acids is 1. The Kier molecular flexibility index (Phi) is 3.45. The lowest BCUT2D eigenvalue weighted by molar-refractivity contribution is 0.0458. The van der Waals surface area contributed by atoms with Crippen LogP contribution in [0, 0.1) is 5.92 Å². The zero-order valence-corrected chi connectivity index (χ0v) is 8.36. The Morgan fingerprint density at radius 2 is 2.29 bits per heavy atom. The van der Waals surface area contributed by atoms with Gasteiger partial charge in [-0.3, -0.25) is 0 Å². The predicted molar refractivity (Wildman–Crippen MR) is 53.8 cm³/mol. The lowest BCUT2D eigenvalue weighted by Crippen LogP contribution is -2.10. The molecule has 4 nitrogen and oxygen atoms in total. The maximum atomic E-state index is 11.4. The van der Waals surface area contributed by atoms with E-state index in [1.807, 2.05) is 13.8 Å². The molecule has 1 aromatic rings. The number of rotatable bonds is 3. The number of aromatic nitrogens is 1. The molecule has 0 radical (unpaired) electrons. The predicted octanol–water partition coefficient (Wildman–Crippen LogP) is 1.48. The van der Waals surface area contributed by atoms with Crippen molar-refractivity contribution in [3.05, 3.63) is 23.9 Å². The van der Waals surface area contributed by atoms with E-state index in [0.717, 1.165) is 0 Å². The lowest BCUT2D eigenvalue weighted by Gasteiger charge is -2.06. The van der Waals surface area contributed by atoms with Gasteiger partial charge in [0.1, 0.15) is 5.82 Å². The number of hydrogen-bond acceptors (Lipinski definition) is 4. The highest BCUT2D eigenvalue weighted by Crippen LogP contribution is 2.04. The first kappa shape index (κ1) is 10.5. The fourth-order valence-electron chi connectivity index (χ4n) is 0.852. The minimum absolute atomic E-state index is 0.334. The third-order valence-corrected chi connectivity index (χ3v) is 1.57. The number of carbonyl (C=O) groups is 1. The van der Waals surface area contributed by atoms with Crippen molar-refractivity contribution in [3.63, 3.8) is 0 Å². The summed E-state index contributed by atoms with van der Waals surface area (Å²) in [6.07, 6.45) is 1.41. The van der Waals surface area contributed by atoms with E-state index >= 15 is 0 Å². The maximum Gasteiger partial charge on any atom is 0.339 e. The summed E-state index contributed by atoms with van der Waals surface area (Å²) in [6.45, 7) is 4.38. The standard InChI is InChI=1S/C10H14N2O2/c1-7(2)6-14-10(13)8-3-4-9(11)12-5-8/h3-5,7H,6H2,1-2H3,(H2,11,12). The van der Waals surface area contributed by atoms with Gasteiger partial charge in [0, 0.05) is 6.20 Å². The number of pyridine rings is 1. The van der Waals surface area contributed by atoms with Gasteiger partial charge in [-0.05, 0) is 18.1 Å². The van der Waals surface area contributed by atoms with Crippen LogP contribution in [0.1, 0.15) is 24.2 Å². The third-order valence-electron chi connectivity index (χ3n) is 1.57. The van der Waals surface area contributed by atoms with E-state index in [9.17, 15) is 4.79 Å². The smallest absolute Gasteiger partial charge is 0.339 e. The zero-order chi connectivity index (χ0) is 10.6. The number of nitrogens with zero attached hydrogens (tertiary/aromatic N) is 1. The number of hydrogen-bond donors (Lipinski definition) is 1. The number of nitrogen functional groups attached to an aromatic ring is 1. The quantitative estimate of drug-likeness (QED) is 0.740. The van der Waals surface area contributed by atoms with E-state index in [1.54, 1.807) is 12.1 Å². The lowest BCUT2D eigenvalue weighted by atomic mass is 10.2. The molecule has 0 saturated heterocycles. The van der Waals surface area contributed by atoms with Crippen LogP contribution in [0.15, 0.2) is 18.3 Å². The van der Waals surface area contributed by atoms with E-state index in [4.69, 9.17) is 10.5 Å². The first-order valence-electron chi connectivity index (χ1n) is 4.48. The molecule has 0 spiro atoms. The first-order valence-corrected chi connectivity index (χ1v) is 4.48. The van der Waals surface area contributed by atoms with Crippen LogP contribution in [0.2, 0.25) is 0 Å². The highest BCUT2D eigenvalue weighted by atomic mass is 16.5. The van der Waals surface area contributed by atoms with Crippen molar-refractivity contribution in [1.29, 1.82) is 0 Å². The van der Waals surface area contributed by atoms with E-state index in [-0.39, 0.29) is 5.97 Å². The van der Waals surface area contributed by atoms with Crippen LogP contribution in [0.4, 0.5) is 5.82 Å². The summed E-state index contributed by atoms with van der Waals surface area (Å²) in [5.41, 5.74) is 5.82. The first-order chi connectivity index (χ1) is 6.59. The molecule has 76 valence electrons. The Balaban J connectivity index is 2.57. The largest absolute Gasteiger partial charge is 0.462 e. The van der Waals surface area contributed by atoms with Crippen LogP contribution in [0.3, 0.4) is 0 Å². The molecule has 0 fully saturated rings. The summed E-state index contributed by atoms with van der Waals surface area (Å²) in [4.78, 5) is 15.2. The Morgan fingerprint density at radius 1 is 1.57 bits per heavy atom. The van der Waals surface area contributed by atoms with Crippen molar-refractivity contribution in [3.8, 4) is 0 Å². The number of anilines is 1. The molecule has 0 unspecified atom stereocenters. The average molecular weight is 194 g/mol. The zero-order valence-electron chi connectivity index (χ0n) is 8.36. The van der Waals surface area contributed by atoms with Crippen LogP contribution in [0.25, 0.3) is 0 Å². The van der Waals surface area contributed by atoms with Gasteiger partial charge in [0.15, 0.2) is 0 Å². The van der Waals surface area contributed by atoms with Gasteiger partial charge in [-0.2, -0.15) is 0 Å². The molecule has 1 aromatic heterocycles. The van der Waals surface area contributed by atoms with E-state index in [2.05, 4.69) is 4.98 Å². The molecule has 0 aliphatic heterocycles. The number of esters is 1. The van der Waals surface area contributed by atoms with Crippen molar-refractivity contribution in [1.82, 2.24) is 4.98 Å². The second-order valence-corrected chi connectivity index (χ2v) is 3.46. The molecule has 0 bridgehead atoms. The molecule has 1 rings (SSSR count). The fourth-order valence-corrected chi connectivity index (χ4v) is 0.852. The SMILES string of the molecule is CC(C)COC(=O)c1ccc(N)nc1. The molecular formula is C10H14N2O2. The van der Waals surface area contributed by atoms with Gasteiger partial charge in [-0.25, -0.2) is 9.78 Å². The van der Waals surface area contributed by atoms with Crippen LogP contribution >= 0.6 is 0 Å².